The molecule has 0 spiro atoms. The third kappa shape index (κ3) is 3.46. The van der Waals surface area contributed by atoms with Crippen LogP contribution < -0.4 is 0 Å². The van der Waals surface area contributed by atoms with Crippen molar-refractivity contribution in [2.45, 2.75) is 31.8 Å². The Morgan fingerprint density at radius 2 is 2.04 bits per heavy atom. The molecule has 0 unspecified atom stereocenters. The summed E-state index contributed by atoms with van der Waals surface area (Å²) in [5.74, 6) is 1.24. The highest BCUT2D eigenvalue weighted by Crippen LogP contribution is 2.32. The quantitative estimate of drug-likeness (QED) is 0.821. The van der Waals surface area contributed by atoms with E-state index in [1.165, 1.54) is 29.7 Å². The Kier molecular flexibility index (Phi) is 4.14. The molecule has 1 fully saturated rings. The van der Waals surface area contributed by atoms with E-state index < -0.39 is 0 Å². The van der Waals surface area contributed by atoms with Gasteiger partial charge in [0.15, 0.2) is 0 Å². The van der Waals surface area contributed by atoms with Crippen molar-refractivity contribution in [3.05, 3.63) is 47.5 Å². The fourth-order valence-electron chi connectivity index (χ4n) is 3.37. The molecule has 0 radical (unpaired) electrons. The maximum absolute atomic E-state index is 5.99. The fourth-order valence-corrected chi connectivity index (χ4v) is 3.37. The van der Waals surface area contributed by atoms with Gasteiger partial charge in [0.1, 0.15) is 0 Å². The zero-order chi connectivity index (χ0) is 15.6. The first-order valence-electron chi connectivity index (χ1n) is 8.49. The smallest absolute Gasteiger partial charge is 0.0557 e. The third-order valence-corrected chi connectivity index (χ3v) is 4.91. The summed E-state index contributed by atoms with van der Waals surface area (Å²) in [5.41, 5.74) is 4.00. The van der Waals surface area contributed by atoms with E-state index in [9.17, 15) is 0 Å². The topological polar surface area (TPSA) is 43.2 Å². The summed E-state index contributed by atoms with van der Waals surface area (Å²) in [5, 5.41) is 4.47. The standard InChI is InChI=1S/C18H24N4O/c1-21-18-11-22(9-14-4-6-19-7-5-14)10-16(17(18)8-20-21)13-23-12-15-2-3-15/h4-8,15-16H,2-3,9-13H2,1H3/t16-/m0/s1. The van der Waals surface area contributed by atoms with Crippen LogP contribution in [0.15, 0.2) is 30.7 Å². The fraction of sp³-hybridized carbons (Fsp3) is 0.556. The van der Waals surface area contributed by atoms with Crippen LogP contribution in [0.25, 0.3) is 0 Å². The van der Waals surface area contributed by atoms with E-state index in [0.29, 0.717) is 5.92 Å². The van der Waals surface area contributed by atoms with Gasteiger partial charge in [0.05, 0.1) is 18.5 Å². The van der Waals surface area contributed by atoms with Crippen molar-refractivity contribution in [1.29, 1.82) is 0 Å². The molecule has 1 aliphatic heterocycles. The molecule has 0 saturated heterocycles. The predicted molar refractivity (Wildman–Crippen MR) is 87.8 cm³/mol. The number of hydrogen-bond acceptors (Lipinski definition) is 4. The number of aryl methyl sites for hydroxylation is 1. The molecule has 2 aromatic heterocycles. The van der Waals surface area contributed by atoms with E-state index in [2.05, 4.69) is 27.1 Å². The van der Waals surface area contributed by atoms with Gasteiger partial charge in [-0.15, -0.1) is 0 Å². The summed E-state index contributed by atoms with van der Waals surface area (Å²) in [6.07, 6.45) is 8.45. The molecule has 3 heterocycles. The average Bonchev–Trinajstić information content (AvgIpc) is 3.31. The molecule has 2 aromatic rings. The predicted octanol–water partition coefficient (Wildman–Crippen LogP) is 2.34. The monoisotopic (exact) mass is 312 g/mol. The van der Waals surface area contributed by atoms with Crippen LogP contribution >= 0.6 is 0 Å². The van der Waals surface area contributed by atoms with Crippen molar-refractivity contribution in [2.75, 3.05) is 19.8 Å². The molecule has 23 heavy (non-hydrogen) atoms. The van der Waals surface area contributed by atoms with Crippen LogP contribution in [-0.2, 0) is 24.9 Å². The van der Waals surface area contributed by atoms with Crippen molar-refractivity contribution < 1.29 is 4.74 Å². The number of rotatable bonds is 6. The van der Waals surface area contributed by atoms with Crippen molar-refractivity contribution in [2.24, 2.45) is 13.0 Å². The normalized spacial score (nSPS) is 21.3. The van der Waals surface area contributed by atoms with Gasteiger partial charge in [-0.3, -0.25) is 14.6 Å². The van der Waals surface area contributed by atoms with E-state index >= 15 is 0 Å². The Morgan fingerprint density at radius 3 is 2.83 bits per heavy atom. The van der Waals surface area contributed by atoms with Crippen LogP contribution in [0.3, 0.4) is 0 Å². The molecule has 0 bridgehead atoms. The molecule has 1 atom stereocenters. The number of pyridine rings is 1. The molecular formula is C18H24N4O. The number of aromatic nitrogens is 3. The summed E-state index contributed by atoms with van der Waals surface area (Å²) in [6, 6.07) is 4.19. The zero-order valence-electron chi connectivity index (χ0n) is 13.7. The van der Waals surface area contributed by atoms with E-state index in [-0.39, 0.29) is 0 Å². The minimum Gasteiger partial charge on any atom is -0.380 e. The van der Waals surface area contributed by atoms with Crippen LogP contribution in [0.2, 0.25) is 0 Å². The molecule has 5 nitrogen and oxygen atoms in total. The number of ether oxygens (including phenoxy) is 1. The van der Waals surface area contributed by atoms with E-state index in [1.54, 1.807) is 0 Å². The number of nitrogens with zero attached hydrogens (tertiary/aromatic N) is 4. The molecule has 122 valence electrons. The minimum atomic E-state index is 0.424. The van der Waals surface area contributed by atoms with Gasteiger partial charge in [-0.2, -0.15) is 5.10 Å². The second-order valence-corrected chi connectivity index (χ2v) is 6.87. The first kappa shape index (κ1) is 14.8. The second kappa shape index (κ2) is 6.42. The van der Waals surface area contributed by atoms with Crippen LogP contribution in [0, 0.1) is 5.92 Å². The summed E-state index contributed by atoms with van der Waals surface area (Å²) in [6.45, 7) is 4.67. The summed E-state index contributed by atoms with van der Waals surface area (Å²) in [4.78, 5) is 6.60. The largest absolute Gasteiger partial charge is 0.380 e. The molecule has 1 saturated carbocycles. The third-order valence-electron chi connectivity index (χ3n) is 4.91. The highest BCUT2D eigenvalue weighted by atomic mass is 16.5. The van der Waals surface area contributed by atoms with Crippen LogP contribution in [0.1, 0.15) is 35.6 Å². The Balaban J connectivity index is 1.46. The Labute approximate surface area is 137 Å². The van der Waals surface area contributed by atoms with Gasteiger partial charge in [-0.05, 0) is 36.5 Å². The van der Waals surface area contributed by atoms with Gasteiger partial charge in [-0.25, -0.2) is 0 Å². The first-order valence-corrected chi connectivity index (χ1v) is 8.49. The van der Waals surface area contributed by atoms with Crippen molar-refractivity contribution in [3.63, 3.8) is 0 Å². The van der Waals surface area contributed by atoms with Gasteiger partial charge < -0.3 is 4.74 Å². The highest BCUT2D eigenvalue weighted by molar-refractivity contribution is 5.26. The van der Waals surface area contributed by atoms with E-state index in [0.717, 1.165) is 38.8 Å². The van der Waals surface area contributed by atoms with Crippen LogP contribution in [0.4, 0.5) is 0 Å². The molecule has 5 heteroatoms. The number of hydrogen-bond donors (Lipinski definition) is 0. The van der Waals surface area contributed by atoms with Crippen molar-refractivity contribution in [3.8, 4) is 0 Å². The van der Waals surface area contributed by atoms with Gasteiger partial charge >= 0.3 is 0 Å². The summed E-state index contributed by atoms with van der Waals surface area (Å²) < 4.78 is 8.00. The van der Waals surface area contributed by atoms with Crippen LogP contribution in [0.5, 0.6) is 0 Å². The SMILES string of the molecule is Cn1ncc2c1CN(Cc1ccncc1)C[C@H]2COCC1CC1. The van der Waals surface area contributed by atoms with E-state index in [1.807, 2.05) is 30.3 Å². The van der Waals surface area contributed by atoms with Crippen molar-refractivity contribution in [1.82, 2.24) is 19.7 Å². The Bertz CT molecular complexity index is 650. The first-order chi connectivity index (χ1) is 11.3. The lowest BCUT2D eigenvalue weighted by molar-refractivity contribution is 0.0885. The van der Waals surface area contributed by atoms with Crippen LogP contribution in [-0.4, -0.2) is 39.4 Å². The molecule has 0 aromatic carbocycles. The zero-order valence-corrected chi connectivity index (χ0v) is 13.7. The summed E-state index contributed by atoms with van der Waals surface area (Å²) >= 11 is 0. The lowest BCUT2D eigenvalue weighted by Crippen LogP contribution is -2.35. The summed E-state index contributed by atoms with van der Waals surface area (Å²) in [7, 11) is 2.04. The molecule has 2 aliphatic rings. The lowest BCUT2D eigenvalue weighted by Gasteiger charge is -2.33. The highest BCUT2D eigenvalue weighted by Gasteiger charge is 2.29. The molecular weight excluding hydrogens is 288 g/mol. The Hall–Kier alpha value is -1.72. The van der Waals surface area contributed by atoms with Gasteiger partial charge in [0.2, 0.25) is 0 Å². The molecule has 1 aliphatic carbocycles. The van der Waals surface area contributed by atoms with Gasteiger partial charge in [-0.1, -0.05) is 0 Å². The molecule has 0 amide bonds. The maximum atomic E-state index is 5.99. The second-order valence-electron chi connectivity index (χ2n) is 6.87. The maximum Gasteiger partial charge on any atom is 0.0557 e. The number of fused-ring (bicyclic) bond motifs is 1. The lowest BCUT2D eigenvalue weighted by atomic mass is 9.95. The Morgan fingerprint density at radius 1 is 1.22 bits per heavy atom. The van der Waals surface area contributed by atoms with Crippen molar-refractivity contribution >= 4 is 0 Å². The van der Waals surface area contributed by atoms with E-state index in [4.69, 9.17) is 4.74 Å². The molecule has 0 N–H and O–H groups in total. The van der Waals surface area contributed by atoms with Gasteiger partial charge in [0, 0.05) is 57.2 Å². The average molecular weight is 312 g/mol. The van der Waals surface area contributed by atoms with Gasteiger partial charge in [0.25, 0.3) is 0 Å². The minimum absolute atomic E-state index is 0.424. The molecule has 4 rings (SSSR count).